The first-order valence-electron chi connectivity index (χ1n) is 9.29. The van der Waals surface area contributed by atoms with E-state index in [1.54, 1.807) is 17.6 Å². The number of hydrogen-bond acceptors (Lipinski definition) is 6. The minimum Gasteiger partial charge on any atom is -0.370 e. The first-order valence-corrected chi connectivity index (χ1v) is 11.2. The summed E-state index contributed by atoms with van der Waals surface area (Å²) in [4.78, 5) is 16.0. The Hall–Kier alpha value is -2.53. The average molecular weight is 423 g/mol. The number of aromatic nitrogens is 3. The summed E-state index contributed by atoms with van der Waals surface area (Å²) in [6.45, 7) is 2.24. The number of hydrogen-bond donors (Lipinski definition) is 0. The molecule has 4 rings (SSSR count). The Morgan fingerprint density at radius 1 is 1.21 bits per heavy atom. The van der Waals surface area contributed by atoms with Gasteiger partial charge in [-0.1, -0.05) is 6.07 Å². The zero-order valence-electron chi connectivity index (χ0n) is 15.9. The number of nitrogens with zero attached hydrogens (tertiary/aromatic N) is 5. The van der Waals surface area contributed by atoms with E-state index in [4.69, 9.17) is 4.74 Å². The van der Waals surface area contributed by atoms with Crippen molar-refractivity contribution in [2.45, 2.75) is 30.1 Å². The largest absolute Gasteiger partial charge is 0.370 e. The second kappa shape index (κ2) is 7.71. The predicted molar refractivity (Wildman–Crippen MR) is 100 cm³/mol. The number of rotatable bonds is 5. The maximum Gasteiger partial charge on any atom is 0.320 e. The van der Waals surface area contributed by atoms with E-state index in [2.05, 4.69) is 10.2 Å². The van der Waals surface area contributed by atoms with Crippen molar-refractivity contribution in [3.8, 4) is 0 Å². The van der Waals surface area contributed by atoms with Gasteiger partial charge in [0.1, 0.15) is 18.5 Å². The van der Waals surface area contributed by atoms with Crippen molar-refractivity contribution < 1.29 is 22.3 Å². The number of sulfone groups is 1. The third-order valence-electron chi connectivity index (χ3n) is 5.34. The van der Waals surface area contributed by atoms with Gasteiger partial charge < -0.3 is 19.1 Å². The summed E-state index contributed by atoms with van der Waals surface area (Å²) in [6, 6.07) is 3.96. The summed E-state index contributed by atoms with van der Waals surface area (Å²) >= 11 is 0. The lowest BCUT2D eigenvalue weighted by molar-refractivity contribution is -0.0494. The van der Waals surface area contributed by atoms with E-state index < -0.39 is 15.7 Å². The second-order valence-corrected chi connectivity index (χ2v) is 9.46. The summed E-state index contributed by atoms with van der Waals surface area (Å²) in [7, 11) is -3.45. The monoisotopic (exact) mass is 423 g/mol. The highest BCUT2D eigenvalue weighted by molar-refractivity contribution is 7.90. The molecule has 2 saturated heterocycles. The average Bonchev–Trinajstić information content (AvgIpc) is 3.31. The van der Waals surface area contributed by atoms with Gasteiger partial charge in [0, 0.05) is 24.9 Å². The summed E-state index contributed by atoms with van der Waals surface area (Å²) in [5.74, 6) is -0.614. The van der Waals surface area contributed by atoms with Crippen LogP contribution in [0.2, 0.25) is 0 Å². The molecular formula is C18H22FN5O4S. The first-order chi connectivity index (χ1) is 13.8. The molecule has 2 aliphatic heterocycles. The minimum absolute atomic E-state index is 0.0240. The van der Waals surface area contributed by atoms with E-state index in [9.17, 15) is 17.6 Å². The van der Waals surface area contributed by atoms with Crippen molar-refractivity contribution >= 4 is 15.9 Å². The Kier molecular flexibility index (Phi) is 5.26. The van der Waals surface area contributed by atoms with Gasteiger partial charge in [-0.25, -0.2) is 17.6 Å². The molecule has 2 fully saturated rings. The smallest absolute Gasteiger partial charge is 0.320 e. The number of halogens is 1. The van der Waals surface area contributed by atoms with Gasteiger partial charge in [-0.3, -0.25) is 0 Å². The maximum atomic E-state index is 14.1. The lowest BCUT2D eigenvalue weighted by Crippen LogP contribution is -2.58. The minimum atomic E-state index is -3.45. The molecule has 0 saturated carbocycles. The quantitative estimate of drug-likeness (QED) is 0.714. The van der Waals surface area contributed by atoms with Crippen LogP contribution < -0.4 is 0 Å². The normalized spacial score (nSPS) is 20.1. The molecule has 0 aliphatic carbocycles. The van der Waals surface area contributed by atoms with E-state index in [1.165, 1.54) is 12.1 Å². The van der Waals surface area contributed by atoms with Gasteiger partial charge >= 0.3 is 6.03 Å². The van der Waals surface area contributed by atoms with Crippen LogP contribution in [-0.2, 0) is 21.2 Å². The molecule has 156 valence electrons. The van der Waals surface area contributed by atoms with Crippen molar-refractivity contribution in [1.82, 2.24) is 24.6 Å². The van der Waals surface area contributed by atoms with Gasteiger partial charge in [-0.05, 0) is 18.6 Å². The van der Waals surface area contributed by atoms with Gasteiger partial charge in [-0.2, -0.15) is 0 Å². The topological polar surface area (TPSA) is 97.6 Å². The van der Waals surface area contributed by atoms with Crippen LogP contribution in [0.15, 0.2) is 35.7 Å². The summed E-state index contributed by atoms with van der Waals surface area (Å²) < 4.78 is 44.6. The molecule has 1 atom stereocenters. The van der Waals surface area contributed by atoms with Crippen LogP contribution >= 0.6 is 0 Å². The number of likely N-dealkylation sites (tertiary alicyclic amines) is 2. The molecule has 1 aromatic heterocycles. The van der Waals surface area contributed by atoms with Gasteiger partial charge in [0.15, 0.2) is 9.84 Å². The fraction of sp³-hybridized carbons (Fsp3) is 0.500. The highest BCUT2D eigenvalue weighted by Crippen LogP contribution is 2.24. The van der Waals surface area contributed by atoms with Crippen LogP contribution in [-0.4, -0.2) is 77.6 Å². The van der Waals surface area contributed by atoms with Crippen LogP contribution in [0.4, 0.5) is 9.18 Å². The SMILES string of the molecule is CS(=O)(=O)c1ccc(COC2CN(C(=O)N3CC[C@H](n4cnnc4)C3)C2)c(F)c1. The number of benzene rings is 1. The Bertz CT molecular complexity index is 992. The number of amides is 2. The molecule has 2 amide bonds. The standard InChI is InChI=1S/C18H22FN5O4S/c1-29(26,27)16-3-2-13(17(19)6-16)10-28-15-8-23(9-15)18(25)22-5-4-14(7-22)24-11-20-21-12-24/h2-3,6,11-12,14-15H,4-5,7-10H2,1H3/t14-/m0/s1. The summed E-state index contributed by atoms with van der Waals surface area (Å²) in [5, 5.41) is 7.61. The van der Waals surface area contributed by atoms with E-state index in [0.717, 1.165) is 18.7 Å². The molecule has 11 heteroatoms. The third kappa shape index (κ3) is 4.25. The van der Waals surface area contributed by atoms with Crippen LogP contribution in [0, 0.1) is 5.82 Å². The molecule has 0 radical (unpaired) electrons. The highest BCUT2D eigenvalue weighted by Gasteiger charge is 2.37. The highest BCUT2D eigenvalue weighted by atomic mass is 32.2. The molecule has 0 unspecified atom stereocenters. The fourth-order valence-corrected chi connectivity index (χ4v) is 4.17. The molecule has 2 aliphatic rings. The van der Waals surface area contributed by atoms with Crippen LogP contribution in [0.3, 0.4) is 0 Å². The Morgan fingerprint density at radius 3 is 2.59 bits per heavy atom. The third-order valence-corrected chi connectivity index (χ3v) is 6.45. The lowest BCUT2D eigenvalue weighted by Gasteiger charge is -2.40. The van der Waals surface area contributed by atoms with Gasteiger partial charge in [0.25, 0.3) is 0 Å². The van der Waals surface area contributed by atoms with E-state index in [0.29, 0.717) is 31.7 Å². The van der Waals surface area contributed by atoms with E-state index >= 15 is 0 Å². The zero-order chi connectivity index (χ0) is 20.6. The molecule has 0 bridgehead atoms. The molecule has 0 spiro atoms. The Labute approximate surface area is 168 Å². The van der Waals surface area contributed by atoms with Crippen LogP contribution in [0.1, 0.15) is 18.0 Å². The van der Waals surface area contributed by atoms with E-state index in [1.807, 2.05) is 9.47 Å². The maximum absolute atomic E-state index is 14.1. The molecule has 2 aromatic rings. The number of carbonyl (C=O) groups is 1. The number of ether oxygens (including phenoxy) is 1. The Balaban J connectivity index is 1.24. The molecule has 0 N–H and O–H groups in total. The van der Waals surface area contributed by atoms with Crippen LogP contribution in [0.25, 0.3) is 0 Å². The van der Waals surface area contributed by atoms with Crippen LogP contribution in [0.5, 0.6) is 0 Å². The second-order valence-electron chi connectivity index (χ2n) is 7.44. The first kappa shape index (κ1) is 19.8. The van der Waals surface area contributed by atoms with Gasteiger partial charge in [0.2, 0.25) is 0 Å². The van der Waals surface area contributed by atoms with Gasteiger partial charge in [0.05, 0.1) is 36.7 Å². The van der Waals surface area contributed by atoms with Crippen molar-refractivity contribution in [2.24, 2.45) is 0 Å². The fourth-order valence-electron chi connectivity index (χ4n) is 3.54. The summed E-state index contributed by atoms with van der Waals surface area (Å²) in [6.07, 6.45) is 5.05. The van der Waals surface area contributed by atoms with Crippen molar-refractivity contribution in [2.75, 3.05) is 32.4 Å². The molecule has 1 aromatic carbocycles. The molecule has 9 nitrogen and oxygen atoms in total. The van der Waals surface area contributed by atoms with Gasteiger partial charge in [-0.15, -0.1) is 10.2 Å². The van der Waals surface area contributed by atoms with Crippen molar-refractivity contribution in [1.29, 1.82) is 0 Å². The van der Waals surface area contributed by atoms with Crippen molar-refractivity contribution in [3.63, 3.8) is 0 Å². The van der Waals surface area contributed by atoms with E-state index in [-0.39, 0.29) is 29.7 Å². The Morgan fingerprint density at radius 2 is 1.93 bits per heavy atom. The molecule has 29 heavy (non-hydrogen) atoms. The zero-order valence-corrected chi connectivity index (χ0v) is 16.8. The predicted octanol–water partition coefficient (Wildman–Crippen LogP) is 1.09. The lowest BCUT2D eigenvalue weighted by atomic mass is 10.1. The summed E-state index contributed by atoms with van der Waals surface area (Å²) in [5.41, 5.74) is 0.290. The molecular weight excluding hydrogens is 401 g/mol. The number of urea groups is 1. The number of carbonyl (C=O) groups excluding carboxylic acids is 1. The van der Waals surface area contributed by atoms with Crippen molar-refractivity contribution in [3.05, 3.63) is 42.2 Å². The molecule has 3 heterocycles.